The Hall–Kier alpha value is -1.06. The van der Waals surface area contributed by atoms with E-state index in [9.17, 15) is 0 Å². The van der Waals surface area contributed by atoms with Crippen molar-refractivity contribution in [3.05, 3.63) is 29.3 Å². The van der Waals surface area contributed by atoms with E-state index >= 15 is 0 Å². The average Bonchev–Trinajstić information content (AvgIpc) is 2.74. The molecule has 0 aliphatic heterocycles. The van der Waals surface area contributed by atoms with Gasteiger partial charge < -0.3 is 10.8 Å². The third-order valence-corrected chi connectivity index (χ3v) is 4.73. The Labute approximate surface area is 115 Å². The first kappa shape index (κ1) is 12.9. The number of benzene rings is 1. The lowest BCUT2D eigenvalue weighted by Crippen LogP contribution is -2.42. The second-order valence-electron chi connectivity index (χ2n) is 5.91. The van der Waals surface area contributed by atoms with Gasteiger partial charge in [-0.15, -0.1) is 0 Å². The number of fused-ring (bicyclic) bond motifs is 1. The molecule has 0 saturated heterocycles. The Balaban J connectivity index is 1.80. The number of rotatable bonds is 5. The van der Waals surface area contributed by atoms with E-state index in [1.165, 1.54) is 36.8 Å². The SMILES string of the molecule is Nc1ccc2c(c1)CCC2N(CCCO)C1CCC1. The van der Waals surface area contributed by atoms with E-state index in [-0.39, 0.29) is 0 Å². The minimum atomic E-state index is 0.296. The van der Waals surface area contributed by atoms with E-state index in [1.807, 2.05) is 6.07 Å². The fourth-order valence-electron chi connectivity index (χ4n) is 3.52. The Morgan fingerprint density at radius 2 is 2.11 bits per heavy atom. The molecular weight excluding hydrogens is 236 g/mol. The van der Waals surface area contributed by atoms with E-state index in [4.69, 9.17) is 10.8 Å². The molecule has 0 heterocycles. The summed E-state index contributed by atoms with van der Waals surface area (Å²) in [7, 11) is 0. The predicted molar refractivity (Wildman–Crippen MR) is 78.0 cm³/mol. The summed E-state index contributed by atoms with van der Waals surface area (Å²) in [6.07, 6.45) is 7.26. The largest absolute Gasteiger partial charge is 0.399 e. The molecule has 3 nitrogen and oxygen atoms in total. The molecule has 0 radical (unpaired) electrons. The highest BCUT2D eigenvalue weighted by atomic mass is 16.3. The lowest BCUT2D eigenvalue weighted by atomic mass is 9.89. The summed E-state index contributed by atoms with van der Waals surface area (Å²) in [5, 5.41) is 9.12. The molecule has 1 aromatic carbocycles. The summed E-state index contributed by atoms with van der Waals surface area (Å²) < 4.78 is 0. The maximum Gasteiger partial charge on any atom is 0.0443 e. The number of hydrogen-bond acceptors (Lipinski definition) is 3. The van der Waals surface area contributed by atoms with Crippen LogP contribution in [0.15, 0.2) is 18.2 Å². The Bertz CT molecular complexity index is 442. The van der Waals surface area contributed by atoms with Gasteiger partial charge in [0.2, 0.25) is 0 Å². The van der Waals surface area contributed by atoms with Crippen LogP contribution in [0.3, 0.4) is 0 Å². The number of anilines is 1. The molecule has 1 atom stereocenters. The van der Waals surface area contributed by atoms with Gasteiger partial charge in [0.15, 0.2) is 0 Å². The molecule has 3 heteroatoms. The van der Waals surface area contributed by atoms with E-state index in [0.717, 1.165) is 31.1 Å². The van der Waals surface area contributed by atoms with Crippen molar-refractivity contribution in [1.82, 2.24) is 4.90 Å². The molecule has 0 amide bonds. The van der Waals surface area contributed by atoms with E-state index < -0.39 is 0 Å². The van der Waals surface area contributed by atoms with Crippen LogP contribution in [0.1, 0.15) is 49.3 Å². The highest BCUT2D eigenvalue weighted by Gasteiger charge is 2.34. The molecule has 1 saturated carbocycles. The molecule has 0 aromatic heterocycles. The number of hydrogen-bond donors (Lipinski definition) is 2. The van der Waals surface area contributed by atoms with E-state index in [1.54, 1.807) is 0 Å². The fourth-order valence-corrected chi connectivity index (χ4v) is 3.52. The second-order valence-corrected chi connectivity index (χ2v) is 5.91. The van der Waals surface area contributed by atoms with Crippen LogP contribution in [0, 0.1) is 0 Å². The van der Waals surface area contributed by atoms with Crippen molar-refractivity contribution in [3.63, 3.8) is 0 Å². The zero-order valence-electron chi connectivity index (χ0n) is 11.5. The summed E-state index contributed by atoms with van der Waals surface area (Å²) in [6.45, 7) is 1.32. The van der Waals surface area contributed by atoms with Crippen LogP contribution in [0.2, 0.25) is 0 Å². The smallest absolute Gasteiger partial charge is 0.0443 e. The maximum absolute atomic E-state index is 9.12. The van der Waals surface area contributed by atoms with Crippen LogP contribution >= 0.6 is 0 Å². The number of nitrogens with two attached hydrogens (primary N) is 1. The standard InChI is InChI=1S/C16H24N2O/c17-13-6-7-15-12(11-13)5-8-16(15)18(9-2-10-19)14-3-1-4-14/h6-7,11,14,16,19H,1-5,8-10,17H2. The third-order valence-electron chi connectivity index (χ3n) is 4.73. The van der Waals surface area contributed by atoms with E-state index in [0.29, 0.717) is 12.6 Å². The molecule has 0 bridgehead atoms. The number of aliphatic hydroxyl groups excluding tert-OH is 1. The van der Waals surface area contributed by atoms with Crippen molar-refractivity contribution < 1.29 is 5.11 Å². The van der Waals surface area contributed by atoms with Gasteiger partial charge in [0, 0.05) is 30.9 Å². The van der Waals surface area contributed by atoms with Crippen molar-refractivity contribution in [3.8, 4) is 0 Å². The Morgan fingerprint density at radius 1 is 1.26 bits per heavy atom. The van der Waals surface area contributed by atoms with Crippen molar-refractivity contribution in [1.29, 1.82) is 0 Å². The minimum absolute atomic E-state index is 0.296. The topological polar surface area (TPSA) is 49.5 Å². The lowest BCUT2D eigenvalue weighted by Gasteiger charge is -2.41. The third kappa shape index (κ3) is 2.49. The minimum Gasteiger partial charge on any atom is -0.399 e. The molecule has 3 rings (SSSR count). The average molecular weight is 260 g/mol. The molecule has 104 valence electrons. The number of aliphatic hydroxyl groups is 1. The van der Waals surface area contributed by atoms with Crippen LogP contribution < -0.4 is 5.73 Å². The highest BCUT2D eigenvalue weighted by Crippen LogP contribution is 2.41. The van der Waals surface area contributed by atoms with Crippen LogP contribution in [0.5, 0.6) is 0 Å². The molecule has 1 aromatic rings. The van der Waals surface area contributed by atoms with Crippen LogP contribution in [-0.4, -0.2) is 29.2 Å². The molecule has 19 heavy (non-hydrogen) atoms. The van der Waals surface area contributed by atoms with Crippen LogP contribution in [0.25, 0.3) is 0 Å². The van der Waals surface area contributed by atoms with E-state index in [2.05, 4.69) is 17.0 Å². The molecular formula is C16H24N2O. The van der Waals surface area contributed by atoms with Crippen molar-refractivity contribution >= 4 is 5.69 Å². The summed E-state index contributed by atoms with van der Waals surface area (Å²) in [5.74, 6) is 0. The number of nitrogen functional groups attached to an aromatic ring is 1. The molecule has 1 unspecified atom stereocenters. The monoisotopic (exact) mass is 260 g/mol. The van der Waals surface area contributed by atoms with Crippen molar-refractivity contribution in [2.75, 3.05) is 18.9 Å². The normalized spacial score (nSPS) is 22.5. The number of aryl methyl sites for hydroxylation is 1. The zero-order valence-corrected chi connectivity index (χ0v) is 11.5. The van der Waals surface area contributed by atoms with Crippen LogP contribution in [-0.2, 0) is 6.42 Å². The second kappa shape index (κ2) is 5.51. The van der Waals surface area contributed by atoms with Gasteiger partial charge in [-0.1, -0.05) is 12.5 Å². The van der Waals surface area contributed by atoms with Crippen LogP contribution in [0.4, 0.5) is 5.69 Å². The Kier molecular flexibility index (Phi) is 3.76. The van der Waals surface area contributed by atoms with Gasteiger partial charge in [-0.2, -0.15) is 0 Å². The van der Waals surface area contributed by atoms with Gasteiger partial charge in [0.05, 0.1) is 0 Å². The molecule has 1 fully saturated rings. The summed E-state index contributed by atoms with van der Waals surface area (Å²) in [6, 6.07) is 7.67. The first-order valence-corrected chi connectivity index (χ1v) is 7.54. The van der Waals surface area contributed by atoms with Crippen molar-refractivity contribution in [2.24, 2.45) is 0 Å². The molecule has 2 aliphatic rings. The quantitative estimate of drug-likeness (QED) is 0.800. The van der Waals surface area contributed by atoms with Gasteiger partial charge in [-0.05, 0) is 55.4 Å². The zero-order chi connectivity index (χ0) is 13.2. The highest BCUT2D eigenvalue weighted by molar-refractivity contribution is 5.47. The molecule has 3 N–H and O–H groups in total. The molecule has 2 aliphatic carbocycles. The van der Waals surface area contributed by atoms with Gasteiger partial charge in [-0.25, -0.2) is 0 Å². The maximum atomic E-state index is 9.12. The van der Waals surface area contributed by atoms with Gasteiger partial charge in [0.1, 0.15) is 0 Å². The van der Waals surface area contributed by atoms with Gasteiger partial charge >= 0.3 is 0 Å². The fraction of sp³-hybridized carbons (Fsp3) is 0.625. The summed E-state index contributed by atoms with van der Waals surface area (Å²) in [5.41, 5.74) is 9.66. The lowest BCUT2D eigenvalue weighted by molar-refractivity contribution is 0.0715. The first-order valence-electron chi connectivity index (χ1n) is 7.54. The van der Waals surface area contributed by atoms with Crippen molar-refractivity contribution in [2.45, 2.75) is 50.6 Å². The van der Waals surface area contributed by atoms with Gasteiger partial charge in [-0.3, -0.25) is 4.90 Å². The Morgan fingerprint density at radius 3 is 2.79 bits per heavy atom. The molecule has 0 spiro atoms. The summed E-state index contributed by atoms with van der Waals surface area (Å²) in [4.78, 5) is 2.64. The first-order chi connectivity index (χ1) is 9.29. The van der Waals surface area contributed by atoms with Gasteiger partial charge in [0.25, 0.3) is 0 Å². The summed E-state index contributed by atoms with van der Waals surface area (Å²) >= 11 is 0. The number of nitrogens with zero attached hydrogens (tertiary/aromatic N) is 1. The predicted octanol–water partition coefficient (Wildman–Crippen LogP) is 2.49.